The van der Waals surface area contributed by atoms with E-state index in [-0.39, 0.29) is 18.4 Å². The van der Waals surface area contributed by atoms with E-state index < -0.39 is 5.97 Å². The summed E-state index contributed by atoms with van der Waals surface area (Å²) in [4.78, 5) is 25.5. The molecular weight excluding hydrogens is 306 g/mol. The third-order valence-corrected chi connectivity index (χ3v) is 4.46. The van der Waals surface area contributed by atoms with Crippen LogP contribution in [0.1, 0.15) is 56.9 Å². The fraction of sp³-hybridized carbons (Fsp3) is 0.579. The molecule has 0 bridgehead atoms. The van der Waals surface area contributed by atoms with E-state index >= 15 is 0 Å². The molecule has 1 aromatic carbocycles. The van der Waals surface area contributed by atoms with Gasteiger partial charge < -0.3 is 14.7 Å². The van der Waals surface area contributed by atoms with Crippen molar-refractivity contribution < 1.29 is 19.4 Å². The molecule has 24 heavy (non-hydrogen) atoms. The number of carboxylic acids is 1. The minimum absolute atomic E-state index is 0.114. The lowest BCUT2D eigenvalue weighted by atomic mass is 9.91. The zero-order valence-electron chi connectivity index (χ0n) is 14.4. The van der Waals surface area contributed by atoms with Crippen LogP contribution < -0.4 is 4.74 Å². The molecule has 5 heteroatoms. The van der Waals surface area contributed by atoms with E-state index in [0.29, 0.717) is 5.75 Å². The van der Waals surface area contributed by atoms with Gasteiger partial charge in [0.15, 0.2) is 6.61 Å². The third-order valence-electron chi connectivity index (χ3n) is 4.46. The number of piperidine rings is 1. The second kappa shape index (κ2) is 9.30. The van der Waals surface area contributed by atoms with Crippen LogP contribution in [0, 0.1) is 0 Å². The van der Waals surface area contributed by atoms with Crippen molar-refractivity contribution in [3.8, 4) is 5.75 Å². The Kier molecular flexibility index (Phi) is 7.09. The average molecular weight is 333 g/mol. The Balaban J connectivity index is 2.08. The van der Waals surface area contributed by atoms with Crippen LogP contribution in [0.2, 0.25) is 0 Å². The highest BCUT2D eigenvalue weighted by molar-refractivity contribution is 5.83. The van der Waals surface area contributed by atoms with Crippen LogP contribution in [0.4, 0.5) is 0 Å². The first kappa shape index (κ1) is 18.3. The van der Waals surface area contributed by atoms with Crippen molar-refractivity contribution in [2.75, 3.05) is 19.7 Å². The molecule has 1 aromatic rings. The SMILES string of the molecule is CCCCC(C(=O)N1CCCCC1)c1ccc(OCC(=O)O)cc1. The van der Waals surface area contributed by atoms with Crippen LogP contribution in [-0.4, -0.2) is 41.6 Å². The quantitative estimate of drug-likeness (QED) is 0.791. The van der Waals surface area contributed by atoms with Gasteiger partial charge in [-0.1, -0.05) is 31.9 Å². The monoisotopic (exact) mass is 333 g/mol. The maximum absolute atomic E-state index is 12.9. The fourth-order valence-corrected chi connectivity index (χ4v) is 3.12. The molecule has 1 heterocycles. The summed E-state index contributed by atoms with van der Waals surface area (Å²) in [6.07, 6.45) is 6.31. The van der Waals surface area contributed by atoms with Crippen molar-refractivity contribution in [2.24, 2.45) is 0 Å². The summed E-state index contributed by atoms with van der Waals surface area (Å²) >= 11 is 0. The highest BCUT2D eigenvalue weighted by Crippen LogP contribution is 2.27. The zero-order chi connectivity index (χ0) is 17.4. The van der Waals surface area contributed by atoms with Crippen LogP contribution >= 0.6 is 0 Å². The number of carbonyl (C=O) groups is 2. The van der Waals surface area contributed by atoms with Crippen LogP contribution in [-0.2, 0) is 9.59 Å². The van der Waals surface area contributed by atoms with E-state index in [1.54, 1.807) is 12.1 Å². The van der Waals surface area contributed by atoms with E-state index in [0.717, 1.165) is 50.8 Å². The molecule has 1 amide bonds. The van der Waals surface area contributed by atoms with Gasteiger partial charge in [0, 0.05) is 13.1 Å². The average Bonchev–Trinajstić information content (AvgIpc) is 2.61. The predicted octanol–water partition coefficient (Wildman–Crippen LogP) is 3.44. The van der Waals surface area contributed by atoms with Gasteiger partial charge in [-0.15, -0.1) is 0 Å². The van der Waals surface area contributed by atoms with Crippen molar-refractivity contribution in [1.82, 2.24) is 4.90 Å². The molecule has 1 N–H and O–H groups in total. The van der Waals surface area contributed by atoms with Gasteiger partial charge in [0.2, 0.25) is 5.91 Å². The van der Waals surface area contributed by atoms with Crippen molar-refractivity contribution in [3.05, 3.63) is 29.8 Å². The number of aliphatic carboxylic acids is 1. The van der Waals surface area contributed by atoms with E-state index in [1.807, 2.05) is 17.0 Å². The molecule has 132 valence electrons. The molecule has 0 radical (unpaired) electrons. The number of nitrogens with zero attached hydrogens (tertiary/aromatic N) is 1. The Morgan fingerprint density at radius 3 is 2.42 bits per heavy atom. The Hall–Kier alpha value is -2.04. The van der Waals surface area contributed by atoms with Gasteiger partial charge in [-0.2, -0.15) is 0 Å². The number of ether oxygens (including phenoxy) is 1. The Morgan fingerprint density at radius 2 is 1.83 bits per heavy atom. The van der Waals surface area contributed by atoms with Gasteiger partial charge in [0.05, 0.1) is 5.92 Å². The van der Waals surface area contributed by atoms with Crippen LogP contribution in [0.5, 0.6) is 5.75 Å². The molecule has 1 saturated heterocycles. The molecule has 0 saturated carbocycles. The summed E-state index contributed by atoms with van der Waals surface area (Å²) in [6, 6.07) is 7.28. The lowest BCUT2D eigenvalue weighted by molar-refractivity contribution is -0.139. The molecule has 1 aliphatic rings. The van der Waals surface area contributed by atoms with Gasteiger partial charge >= 0.3 is 5.97 Å². The molecule has 0 aliphatic carbocycles. The number of carbonyl (C=O) groups excluding carboxylic acids is 1. The fourth-order valence-electron chi connectivity index (χ4n) is 3.12. The number of hydrogen-bond donors (Lipinski definition) is 1. The molecule has 1 fully saturated rings. The standard InChI is InChI=1S/C19H27NO4/c1-2-3-7-17(19(23)20-12-5-4-6-13-20)15-8-10-16(11-9-15)24-14-18(21)22/h8-11,17H,2-7,12-14H2,1H3,(H,21,22). The van der Waals surface area contributed by atoms with Crippen molar-refractivity contribution in [2.45, 2.75) is 51.4 Å². The van der Waals surface area contributed by atoms with E-state index in [2.05, 4.69) is 6.92 Å². The Morgan fingerprint density at radius 1 is 1.17 bits per heavy atom. The number of benzene rings is 1. The summed E-state index contributed by atoms with van der Waals surface area (Å²) in [5, 5.41) is 8.66. The second-order valence-corrected chi connectivity index (χ2v) is 6.33. The van der Waals surface area contributed by atoms with Gasteiger partial charge in [-0.3, -0.25) is 4.79 Å². The summed E-state index contributed by atoms with van der Waals surface area (Å²) in [5.41, 5.74) is 0.988. The molecule has 2 rings (SSSR count). The summed E-state index contributed by atoms with van der Waals surface area (Å²) in [5.74, 6) is -0.375. The first-order valence-electron chi connectivity index (χ1n) is 8.85. The number of unbranched alkanes of at least 4 members (excludes halogenated alkanes) is 1. The molecule has 5 nitrogen and oxygen atoms in total. The number of amides is 1. The zero-order valence-corrected chi connectivity index (χ0v) is 14.4. The molecule has 1 unspecified atom stereocenters. The van der Waals surface area contributed by atoms with Crippen LogP contribution in [0.25, 0.3) is 0 Å². The Bertz CT molecular complexity index is 535. The van der Waals surface area contributed by atoms with Crippen LogP contribution in [0.15, 0.2) is 24.3 Å². The minimum Gasteiger partial charge on any atom is -0.482 e. The third kappa shape index (κ3) is 5.25. The summed E-state index contributed by atoms with van der Waals surface area (Å²) < 4.78 is 5.17. The highest BCUT2D eigenvalue weighted by atomic mass is 16.5. The van der Waals surface area contributed by atoms with Gasteiger partial charge in [-0.25, -0.2) is 4.79 Å². The van der Waals surface area contributed by atoms with E-state index in [1.165, 1.54) is 6.42 Å². The molecule has 1 atom stereocenters. The maximum Gasteiger partial charge on any atom is 0.341 e. The Labute approximate surface area is 143 Å². The number of hydrogen-bond acceptors (Lipinski definition) is 3. The lowest BCUT2D eigenvalue weighted by Gasteiger charge is -2.30. The normalized spacial score (nSPS) is 15.8. The van der Waals surface area contributed by atoms with Crippen molar-refractivity contribution in [3.63, 3.8) is 0 Å². The van der Waals surface area contributed by atoms with E-state index in [4.69, 9.17) is 9.84 Å². The van der Waals surface area contributed by atoms with Gasteiger partial charge in [-0.05, 0) is 43.4 Å². The van der Waals surface area contributed by atoms with E-state index in [9.17, 15) is 9.59 Å². The maximum atomic E-state index is 12.9. The predicted molar refractivity (Wildman–Crippen MR) is 92.3 cm³/mol. The topological polar surface area (TPSA) is 66.8 Å². The first-order valence-corrected chi connectivity index (χ1v) is 8.85. The highest BCUT2D eigenvalue weighted by Gasteiger charge is 2.26. The first-order chi connectivity index (χ1) is 11.6. The molecular formula is C19H27NO4. The van der Waals surface area contributed by atoms with Gasteiger partial charge in [0.1, 0.15) is 5.75 Å². The molecule has 0 aromatic heterocycles. The number of carboxylic acid groups (broad SMARTS) is 1. The minimum atomic E-state index is -1.000. The van der Waals surface area contributed by atoms with Gasteiger partial charge in [0.25, 0.3) is 0 Å². The van der Waals surface area contributed by atoms with Crippen molar-refractivity contribution in [1.29, 1.82) is 0 Å². The number of rotatable bonds is 8. The molecule has 1 aliphatic heterocycles. The summed E-state index contributed by atoms with van der Waals surface area (Å²) in [7, 11) is 0. The van der Waals surface area contributed by atoms with Crippen molar-refractivity contribution >= 4 is 11.9 Å². The lowest BCUT2D eigenvalue weighted by Crippen LogP contribution is -2.38. The largest absolute Gasteiger partial charge is 0.482 e. The number of likely N-dealkylation sites (tertiary alicyclic amines) is 1. The smallest absolute Gasteiger partial charge is 0.341 e. The molecule has 0 spiro atoms. The van der Waals surface area contributed by atoms with Crippen LogP contribution in [0.3, 0.4) is 0 Å². The second-order valence-electron chi connectivity index (χ2n) is 6.33. The summed E-state index contributed by atoms with van der Waals surface area (Å²) in [6.45, 7) is 3.50.